The van der Waals surface area contributed by atoms with E-state index in [4.69, 9.17) is 50.5 Å². The third kappa shape index (κ3) is 3.94. The van der Waals surface area contributed by atoms with Gasteiger partial charge in [-0.1, -0.05) is 40.0 Å². The van der Waals surface area contributed by atoms with Crippen LogP contribution in [0.2, 0.25) is 15.1 Å². The molecule has 0 radical (unpaired) electrons. The van der Waals surface area contributed by atoms with E-state index in [2.05, 4.69) is 5.16 Å². The quantitative estimate of drug-likeness (QED) is 0.375. The van der Waals surface area contributed by atoms with Crippen LogP contribution in [0.15, 0.2) is 41.6 Å². The third-order valence-electron chi connectivity index (χ3n) is 2.72. The molecule has 0 saturated heterocycles. The minimum Gasteiger partial charge on any atom is -0.488 e. The fourth-order valence-corrected chi connectivity index (χ4v) is 2.22. The number of benzene rings is 2. The number of ether oxygens (including phenoxy) is 1. The molecule has 4 nitrogen and oxygen atoms in total. The minimum absolute atomic E-state index is 0.0705. The Morgan fingerprint density at radius 2 is 1.76 bits per heavy atom. The molecule has 0 fully saturated rings. The maximum absolute atomic E-state index is 8.78. The first-order valence-electron chi connectivity index (χ1n) is 5.85. The van der Waals surface area contributed by atoms with Crippen LogP contribution in [0.25, 0.3) is 0 Å². The van der Waals surface area contributed by atoms with Crippen molar-refractivity contribution in [3.05, 3.63) is 62.6 Å². The molecule has 110 valence electrons. The van der Waals surface area contributed by atoms with Crippen molar-refractivity contribution in [2.45, 2.75) is 6.61 Å². The number of nitrogens with zero attached hydrogens (tertiary/aromatic N) is 1. The van der Waals surface area contributed by atoms with Gasteiger partial charge < -0.3 is 15.7 Å². The summed E-state index contributed by atoms with van der Waals surface area (Å²) in [7, 11) is 0. The lowest BCUT2D eigenvalue weighted by atomic mass is 10.2. The molecule has 0 bridgehead atoms. The minimum atomic E-state index is -0.0705. The molecule has 0 aliphatic heterocycles. The van der Waals surface area contributed by atoms with Gasteiger partial charge in [-0.2, -0.15) is 0 Å². The summed E-state index contributed by atoms with van der Waals surface area (Å²) in [4.78, 5) is 0. The molecule has 7 heteroatoms. The van der Waals surface area contributed by atoms with E-state index >= 15 is 0 Å². The van der Waals surface area contributed by atoms with Crippen molar-refractivity contribution >= 4 is 40.6 Å². The predicted octanol–water partition coefficient (Wildman–Crippen LogP) is 4.32. The van der Waals surface area contributed by atoms with Gasteiger partial charge in [0.1, 0.15) is 12.4 Å². The summed E-state index contributed by atoms with van der Waals surface area (Å²) in [5, 5.41) is 13.3. The van der Waals surface area contributed by atoms with E-state index in [1.807, 2.05) is 0 Å². The molecular formula is C14H11Cl3N2O2. The zero-order valence-electron chi connectivity index (χ0n) is 10.7. The lowest BCUT2D eigenvalue weighted by Crippen LogP contribution is -2.14. The van der Waals surface area contributed by atoms with E-state index in [-0.39, 0.29) is 12.4 Å². The maximum atomic E-state index is 8.78. The normalized spacial score (nSPS) is 11.5. The van der Waals surface area contributed by atoms with E-state index in [0.29, 0.717) is 26.4 Å². The number of rotatable bonds is 4. The summed E-state index contributed by atoms with van der Waals surface area (Å²) in [6, 6.07) is 9.88. The molecule has 2 aromatic rings. The Morgan fingerprint density at radius 1 is 1.10 bits per heavy atom. The van der Waals surface area contributed by atoms with Gasteiger partial charge >= 0.3 is 0 Å². The molecule has 0 atom stereocenters. The van der Waals surface area contributed by atoms with E-state index in [1.165, 1.54) is 0 Å². The van der Waals surface area contributed by atoms with Gasteiger partial charge in [-0.05, 0) is 36.4 Å². The lowest BCUT2D eigenvalue weighted by Gasteiger charge is -2.12. The highest BCUT2D eigenvalue weighted by atomic mass is 35.5. The summed E-state index contributed by atoms with van der Waals surface area (Å²) in [6.07, 6.45) is 0. The highest BCUT2D eigenvalue weighted by Gasteiger charge is 2.10. The van der Waals surface area contributed by atoms with Crippen molar-refractivity contribution in [1.29, 1.82) is 0 Å². The van der Waals surface area contributed by atoms with Crippen molar-refractivity contribution < 1.29 is 9.94 Å². The van der Waals surface area contributed by atoms with Crippen LogP contribution in [0.5, 0.6) is 5.75 Å². The number of hydrogen-bond acceptors (Lipinski definition) is 3. The lowest BCUT2D eigenvalue weighted by molar-refractivity contribution is 0.303. The summed E-state index contributed by atoms with van der Waals surface area (Å²) in [6.45, 7) is 0.172. The Bertz CT molecular complexity index is 690. The molecule has 0 heterocycles. The standard InChI is InChI=1S/C14H11Cl3N2O2/c15-9-2-4-12(17)8(5-9)7-21-13-6-10(16)1-3-11(13)14(18)19-20/h1-6,20H,7H2,(H2,18,19). The predicted molar refractivity (Wildman–Crippen MR) is 84.8 cm³/mol. The van der Waals surface area contributed by atoms with Gasteiger partial charge in [-0.15, -0.1) is 0 Å². The average Bonchev–Trinajstić information content (AvgIpc) is 2.47. The largest absolute Gasteiger partial charge is 0.488 e. The molecule has 2 rings (SSSR count). The number of amidine groups is 1. The molecule has 2 aromatic carbocycles. The first-order valence-corrected chi connectivity index (χ1v) is 6.99. The Kier molecular flexibility index (Phi) is 5.17. The van der Waals surface area contributed by atoms with Crippen molar-refractivity contribution in [2.24, 2.45) is 10.9 Å². The molecule has 0 aliphatic carbocycles. The number of nitrogens with two attached hydrogens (primary N) is 1. The van der Waals surface area contributed by atoms with Crippen molar-refractivity contribution in [3.8, 4) is 5.75 Å². The Morgan fingerprint density at radius 3 is 2.48 bits per heavy atom. The Labute approximate surface area is 136 Å². The molecule has 21 heavy (non-hydrogen) atoms. The Hall–Kier alpha value is -1.62. The van der Waals surface area contributed by atoms with Gasteiger partial charge in [0.15, 0.2) is 5.84 Å². The van der Waals surface area contributed by atoms with Crippen LogP contribution in [0.4, 0.5) is 0 Å². The molecule has 0 amide bonds. The molecule has 3 N–H and O–H groups in total. The van der Waals surface area contributed by atoms with Crippen molar-refractivity contribution in [3.63, 3.8) is 0 Å². The van der Waals surface area contributed by atoms with Crippen LogP contribution < -0.4 is 10.5 Å². The average molecular weight is 346 g/mol. The van der Waals surface area contributed by atoms with Gasteiger partial charge in [-0.3, -0.25) is 0 Å². The topological polar surface area (TPSA) is 67.8 Å². The van der Waals surface area contributed by atoms with E-state index in [9.17, 15) is 0 Å². The molecule has 0 aliphatic rings. The van der Waals surface area contributed by atoms with Gasteiger partial charge in [-0.25, -0.2) is 0 Å². The van der Waals surface area contributed by atoms with E-state index in [1.54, 1.807) is 36.4 Å². The SMILES string of the molecule is N/C(=N/O)c1ccc(Cl)cc1OCc1cc(Cl)ccc1Cl. The monoisotopic (exact) mass is 344 g/mol. The maximum Gasteiger partial charge on any atom is 0.173 e. The van der Waals surface area contributed by atoms with Crippen LogP contribution in [-0.2, 0) is 6.61 Å². The number of oxime groups is 1. The van der Waals surface area contributed by atoms with Gasteiger partial charge in [0, 0.05) is 20.6 Å². The molecule has 0 saturated carbocycles. The second-order valence-corrected chi connectivity index (χ2v) is 5.43. The first kappa shape index (κ1) is 15.8. The number of hydrogen-bond donors (Lipinski definition) is 2. The molecule has 0 spiro atoms. The third-order valence-corrected chi connectivity index (χ3v) is 3.56. The molecular weight excluding hydrogens is 335 g/mol. The van der Waals surface area contributed by atoms with Crippen molar-refractivity contribution in [1.82, 2.24) is 0 Å². The van der Waals surface area contributed by atoms with E-state index in [0.717, 1.165) is 5.56 Å². The fourth-order valence-electron chi connectivity index (χ4n) is 1.69. The zero-order chi connectivity index (χ0) is 15.4. The van der Waals surface area contributed by atoms with Crippen LogP contribution in [0.3, 0.4) is 0 Å². The van der Waals surface area contributed by atoms with Gasteiger partial charge in [0.05, 0.1) is 5.56 Å². The molecule has 0 aromatic heterocycles. The first-order chi connectivity index (χ1) is 10.0. The van der Waals surface area contributed by atoms with E-state index < -0.39 is 0 Å². The number of halogens is 3. The van der Waals surface area contributed by atoms with Crippen LogP contribution >= 0.6 is 34.8 Å². The highest BCUT2D eigenvalue weighted by Crippen LogP contribution is 2.26. The van der Waals surface area contributed by atoms with Gasteiger partial charge in [0.2, 0.25) is 0 Å². The molecule has 0 unspecified atom stereocenters. The van der Waals surface area contributed by atoms with Crippen LogP contribution in [0.1, 0.15) is 11.1 Å². The summed E-state index contributed by atoms with van der Waals surface area (Å²) in [5.41, 5.74) is 6.75. The van der Waals surface area contributed by atoms with Gasteiger partial charge in [0.25, 0.3) is 0 Å². The highest BCUT2D eigenvalue weighted by molar-refractivity contribution is 6.33. The second kappa shape index (κ2) is 6.89. The second-order valence-electron chi connectivity index (χ2n) is 4.15. The smallest absolute Gasteiger partial charge is 0.173 e. The van der Waals surface area contributed by atoms with Crippen LogP contribution in [-0.4, -0.2) is 11.0 Å². The van der Waals surface area contributed by atoms with Crippen molar-refractivity contribution in [2.75, 3.05) is 0 Å². The summed E-state index contributed by atoms with van der Waals surface area (Å²) < 4.78 is 5.66. The zero-order valence-corrected chi connectivity index (χ0v) is 13.0. The summed E-state index contributed by atoms with van der Waals surface area (Å²) >= 11 is 17.9. The summed E-state index contributed by atoms with van der Waals surface area (Å²) in [5.74, 6) is 0.313. The Balaban J connectivity index is 2.27. The fraction of sp³-hybridized carbons (Fsp3) is 0.0714. The van der Waals surface area contributed by atoms with Crippen LogP contribution in [0, 0.1) is 0 Å².